The predicted octanol–water partition coefficient (Wildman–Crippen LogP) is 5.70. The van der Waals surface area contributed by atoms with Crippen molar-refractivity contribution in [3.05, 3.63) is 65.5 Å². The van der Waals surface area contributed by atoms with E-state index in [0.717, 1.165) is 24.2 Å². The first-order valence-corrected chi connectivity index (χ1v) is 9.09. The van der Waals surface area contributed by atoms with Crippen molar-refractivity contribution in [3.63, 3.8) is 0 Å². The van der Waals surface area contributed by atoms with Gasteiger partial charge in [0.2, 0.25) is 0 Å². The van der Waals surface area contributed by atoms with Crippen LogP contribution in [0.25, 0.3) is 0 Å². The first kappa shape index (κ1) is 18.0. The van der Waals surface area contributed by atoms with E-state index in [1.807, 2.05) is 11.8 Å². The maximum Gasteiger partial charge on any atom is 0.123 e. The zero-order valence-corrected chi connectivity index (χ0v) is 15.0. The highest BCUT2D eigenvalue weighted by Crippen LogP contribution is 2.26. The minimum atomic E-state index is -0.213. The van der Waals surface area contributed by atoms with Crippen molar-refractivity contribution in [2.24, 2.45) is 5.73 Å². The molecule has 0 aromatic heterocycles. The van der Waals surface area contributed by atoms with E-state index in [-0.39, 0.29) is 17.3 Å². The summed E-state index contributed by atoms with van der Waals surface area (Å²) >= 11 is 1.86. The third-order valence-corrected chi connectivity index (χ3v) is 5.04. The van der Waals surface area contributed by atoms with Gasteiger partial charge in [-0.15, -0.1) is 11.8 Å². The molecule has 0 fully saturated rings. The second-order valence-corrected chi connectivity index (χ2v) is 8.09. The van der Waals surface area contributed by atoms with Gasteiger partial charge in [-0.2, -0.15) is 0 Å². The molecule has 2 aromatic rings. The number of thioether (sulfide) groups is 1. The first-order valence-electron chi connectivity index (χ1n) is 8.10. The summed E-state index contributed by atoms with van der Waals surface area (Å²) in [6.07, 6.45) is 1.96. The molecule has 0 aliphatic carbocycles. The molecule has 23 heavy (non-hydrogen) atoms. The van der Waals surface area contributed by atoms with Gasteiger partial charge in [0.1, 0.15) is 5.82 Å². The summed E-state index contributed by atoms with van der Waals surface area (Å²) in [5.74, 6) is 0.833. The summed E-state index contributed by atoms with van der Waals surface area (Å²) in [6, 6.07) is 15.3. The molecule has 0 bridgehead atoms. The molecular weight excluding hydrogens is 305 g/mol. The van der Waals surface area contributed by atoms with Crippen LogP contribution in [-0.2, 0) is 5.41 Å². The van der Waals surface area contributed by atoms with Crippen LogP contribution in [0.2, 0.25) is 0 Å². The van der Waals surface area contributed by atoms with Gasteiger partial charge in [0.25, 0.3) is 0 Å². The maximum atomic E-state index is 12.9. The normalized spacial score (nSPS) is 13.1. The number of hydrogen-bond donors (Lipinski definition) is 1. The van der Waals surface area contributed by atoms with Crippen LogP contribution in [0.1, 0.15) is 50.8 Å². The standard InChI is InChI=1S/C20H26FNS/c1-20(2,3)16-8-12-18(13-9-16)23-14-4-5-19(22)15-6-10-17(21)11-7-15/h6-13,19H,4-5,14,22H2,1-3H3. The molecule has 1 nitrogen and oxygen atoms in total. The lowest BCUT2D eigenvalue weighted by Crippen LogP contribution is -2.10. The van der Waals surface area contributed by atoms with E-state index in [9.17, 15) is 4.39 Å². The Morgan fingerprint density at radius 2 is 1.61 bits per heavy atom. The molecule has 0 spiro atoms. The Morgan fingerprint density at radius 1 is 1.00 bits per heavy atom. The van der Waals surface area contributed by atoms with Gasteiger partial charge in [-0.05, 0) is 59.4 Å². The smallest absolute Gasteiger partial charge is 0.123 e. The molecule has 2 aromatic carbocycles. The topological polar surface area (TPSA) is 26.0 Å². The van der Waals surface area contributed by atoms with E-state index < -0.39 is 0 Å². The second-order valence-electron chi connectivity index (χ2n) is 6.92. The minimum absolute atomic E-state index is 0.0144. The fourth-order valence-electron chi connectivity index (χ4n) is 2.42. The molecule has 1 atom stereocenters. The fraction of sp³-hybridized carbons (Fsp3) is 0.400. The van der Waals surface area contributed by atoms with Gasteiger partial charge < -0.3 is 5.73 Å². The molecule has 0 heterocycles. The highest BCUT2D eigenvalue weighted by atomic mass is 32.2. The van der Waals surface area contributed by atoms with E-state index in [1.165, 1.54) is 22.6 Å². The van der Waals surface area contributed by atoms with Gasteiger partial charge in [0.15, 0.2) is 0 Å². The van der Waals surface area contributed by atoms with Crippen LogP contribution in [-0.4, -0.2) is 5.75 Å². The van der Waals surface area contributed by atoms with Gasteiger partial charge in [-0.3, -0.25) is 0 Å². The zero-order chi connectivity index (χ0) is 16.9. The average Bonchev–Trinajstić information content (AvgIpc) is 2.51. The Kier molecular flexibility index (Phi) is 6.25. The van der Waals surface area contributed by atoms with Crippen molar-refractivity contribution < 1.29 is 4.39 Å². The van der Waals surface area contributed by atoms with Crippen molar-refractivity contribution in [1.82, 2.24) is 0 Å². The van der Waals surface area contributed by atoms with E-state index in [4.69, 9.17) is 5.73 Å². The van der Waals surface area contributed by atoms with Gasteiger partial charge in [0.05, 0.1) is 0 Å². The van der Waals surface area contributed by atoms with E-state index >= 15 is 0 Å². The summed E-state index contributed by atoms with van der Waals surface area (Å²) in [5.41, 5.74) is 8.73. The van der Waals surface area contributed by atoms with Gasteiger partial charge in [-0.1, -0.05) is 45.0 Å². The minimum Gasteiger partial charge on any atom is -0.324 e. The Balaban J connectivity index is 1.76. The van der Waals surface area contributed by atoms with Crippen molar-refractivity contribution in [2.45, 2.75) is 50.0 Å². The van der Waals surface area contributed by atoms with Gasteiger partial charge in [-0.25, -0.2) is 4.39 Å². The highest BCUT2D eigenvalue weighted by molar-refractivity contribution is 7.99. The van der Waals surface area contributed by atoms with Crippen molar-refractivity contribution >= 4 is 11.8 Å². The Labute approximate surface area is 143 Å². The maximum absolute atomic E-state index is 12.9. The zero-order valence-electron chi connectivity index (χ0n) is 14.2. The molecule has 0 saturated carbocycles. The second kappa shape index (κ2) is 7.98. The van der Waals surface area contributed by atoms with Crippen LogP contribution in [0.5, 0.6) is 0 Å². The fourth-order valence-corrected chi connectivity index (χ4v) is 3.30. The molecule has 0 aliphatic rings. The predicted molar refractivity (Wildman–Crippen MR) is 98.4 cm³/mol. The average molecular weight is 331 g/mol. The van der Waals surface area contributed by atoms with Crippen molar-refractivity contribution in [1.29, 1.82) is 0 Å². The molecule has 124 valence electrons. The lowest BCUT2D eigenvalue weighted by Gasteiger charge is -2.19. The molecule has 0 aliphatic heterocycles. The summed E-state index contributed by atoms with van der Waals surface area (Å²) in [7, 11) is 0. The Morgan fingerprint density at radius 3 is 2.17 bits per heavy atom. The summed E-state index contributed by atoms with van der Waals surface area (Å²) in [5, 5.41) is 0. The number of benzene rings is 2. The SMILES string of the molecule is CC(C)(C)c1ccc(SCCCC(N)c2ccc(F)cc2)cc1. The molecule has 0 saturated heterocycles. The lowest BCUT2D eigenvalue weighted by atomic mass is 9.87. The molecule has 0 radical (unpaired) electrons. The van der Waals surface area contributed by atoms with Crippen LogP contribution < -0.4 is 5.73 Å². The van der Waals surface area contributed by atoms with Crippen LogP contribution in [0, 0.1) is 5.82 Å². The molecule has 3 heteroatoms. The molecular formula is C20H26FNS. The summed E-state index contributed by atoms with van der Waals surface area (Å²) < 4.78 is 12.9. The van der Waals surface area contributed by atoms with E-state index in [1.54, 1.807) is 12.1 Å². The van der Waals surface area contributed by atoms with Gasteiger partial charge >= 0.3 is 0 Å². The lowest BCUT2D eigenvalue weighted by molar-refractivity contribution is 0.589. The van der Waals surface area contributed by atoms with Crippen molar-refractivity contribution in [2.75, 3.05) is 5.75 Å². The summed E-state index contributed by atoms with van der Waals surface area (Å²) in [6.45, 7) is 6.68. The van der Waals surface area contributed by atoms with Crippen molar-refractivity contribution in [3.8, 4) is 0 Å². The third-order valence-electron chi connectivity index (χ3n) is 3.95. The Hall–Kier alpha value is -1.32. The van der Waals surface area contributed by atoms with E-state index in [0.29, 0.717) is 0 Å². The summed E-state index contributed by atoms with van der Waals surface area (Å²) in [4.78, 5) is 1.30. The third kappa shape index (κ3) is 5.67. The molecule has 0 amide bonds. The quantitative estimate of drug-likeness (QED) is 0.543. The Bertz CT molecular complexity index is 599. The number of nitrogens with two attached hydrogens (primary N) is 1. The number of hydrogen-bond acceptors (Lipinski definition) is 2. The monoisotopic (exact) mass is 331 g/mol. The number of rotatable bonds is 6. The van der Waals surface area contributed by atoms with Gasteiger partial charge in [0, 0.05) is 10.9 Å². The largest absolute Gasteiger partial charge is 0.324 e. The molecule has 2 N–H and O–H groups in total. The van der Waals surface area contributed by atoms with E-state index in [2.05, 4.69) is 45.0 Å². The molecule has 2 rings (SSSR count). The van der Waals surface area contributed by atoms with Crippen LogP contribution in [0.15, 0.2) is 53.4 Å². The van der Waals surface area contributed by atoms with Crippen LogP contribution in [0.3, 0.4) is 0 Å². The first-order chi connectivity index (χ1) is 10.9. The molecule has 1 unspecified atom stereocenters. The number of halogens is 1. The highest BCUT2D eigenvalue weighted by Gasteiger charge is 2.12. The van der Waals surface area contributed by atoms with Crippen LogP contribution >= 0.6 is 11.8 Å². The van der Waals surface area contributed by atoms with Crippen LogP contribution in [0.4, 0.5) is 4.39 Å².